The van der Waals surface area contributed by atoms with Gasteiger partial charge in [0.2, 0.25) is 0 Å². The van der Waals surface area contributed by atoms with Crippen molar-refractivity contribution in [1.29, 1.82) is 0 Å². The molecule has 0 fully saturated rings. The molecule has 1 N–H and O–H groups in total. The second-order valence-corrected chi connectivity index (χ2v) is 5.57. The molecule has 0 radical (unpaired) electrons. The fourth-order valence-corrected chi connectivity index (χ4v) is 3.11. The van der Waals surface area contributed by atoms with Crippen molar-refractivity contribution in [2.24, 2.45) is 0 Å². The van der Waals surface area contributed by atoms with Crippen molar-refractivity contribution in [2.45, 2.75) is 34.1 Å². The topological polar surface area (TPSA) is 55.4 Å². The van der Waals surface area contributed by atoms with Crippen molar-refractivity contribution in [3.63, 3.8) is 0 Å². The maximum absolute atomic E-state index is 11.8. The Bertz CT molecular complexity index is 458. The minimum Gasteiger partial charge on any atom is -0.542 e. The Balaban J connectivity index is 0.000000830. The van der Waals surface area contributed by atoms with Crippen LogP contribution in [0.3, 0.4) is 0 Å². The number of nitrogens with one attached hydrogen (secondary N) is 1. The molecule has 0 saturated heterocycles. The van der Waals surface area contributed by atoms with Crippen LogP contribution in [0.25, 0.3) is 0 Å². The Labute approximate surface area is 138 Å². The Morgan fingerprint density at radius 3 is 2.60 bits per heavy atom. The summed E-state index contributed by atoms with van der Waals surface area (Å²) in [5.74, 6) is 1.35. The van der Waals surface area contributed by atoms with Crippen molar-refractivity contribution in [2.75, 3.05) is 13.2 Å². The normalized spacial score (nSPS) is 12.9. The summed E-state index contributed by atoms with van der Waals surface area (Å²) in [6.45, 7) is 8.68. The summed E-state index contributed by atoms with van der Waals surface area (Å²) in [7, 11) is 0. The summed E-state index contributed by atoms with van der Waals surface area (Å²) in [5, 5.41) is 3.63. The molecular formula is C14H19NO3SW. The SMILES string of the molecule is C[C-]=O.Cc1c(C[C-](C)C)sc2c1C(=O)NCCO2.[W+2]. The first kappa shape index (κ1) is 19.3. The van der Waals surface area contributed by atoms with Crippen LogP contribution in [0.1, 0.15) is 41.6 Å². The van der Waals surface area contributed by atoms with Crippen LogP contribution in [0.4, 0.5) is 0 Å². The van der Waals surface area contributed by atoms with Gasteiger partial charge in [0.05, 0.1) is 12.1 Å². The van der Waals surface area contributed by atoms with E-state index in [-0.39, 0.29) is 27.0 Å². The Morgan fingerprint density at radius 2 is 2.05 bits per heavy atom. The summed E-state index contributed by atoms with van der Waals surface area (Å²) in [5.41, 5.74) is 1.80. The summed E-state index contributed by atoms with van der Waals surface area (Å²) in [4.78, 5) is 21.8. The first-order valence-electron chi connectivity index (χ1n) is 6.12. The third-order valence-corrected chi connectivity index (χ3v) is 3.78. The number of hydrogen-bond acceptors (Lipinski definition) is 4. The van der Waals surface area contributed by atoms with Crippen LogP contribution in [-0.2, 0) is 32.3 Å². The van der Waals surface area contributed by atoms with Crippen LogP contribution in [0.2, 0.25) is 0 Å². The van der Waals surface area contributed by atoms with E-state index in [0.29, 0.717) is 13.2 Å². The van der Waals surface area contributed by atoms with Gasteiger partial charge in [0.1, 0.15) is 6.61 Å². The van der Waals surface area contributed by atoms with Crippen molar-refractivity contribution in [1.82, 2.24) is 5.32 Å². The molecule has 0 aliphatic carbocycles. The van der Waals surface area contributed by atoms with Crippen LogP contribution < -0.4 is 10.1 Å². The van der Waals surface area contributed by atoms with E-state index >= 15 is 0 Å². The standard InChI is InChI=1S/C12H16NO2S.C2H3O.W/c1-7(2)6-9-8(3)10-11(14)13-4-5-15-12(10)16-9;1-2-3;/h4-6H2,1-3H3,(H,13,14);1H3;/q2*-1;+2. The molecular weight excluding hydrogens is 446 g/mol. The van der Waals surface area contributed by atoms with E-state index in [1.54, 1.807) is 11.3 Å². The van der Waals surface area contributed by atoms with E-state index in [9.17, 15) is 4.79 Å². The van der Waals surface area contributed by atoms with E-state index < -0.39 is 0 Å². The molecule has 20 heavy (non-hydrogen) atoms. The Kier molecular flexibility index (Phi) is 8.99. The number of rotatable bonds is 2. The van der Waals surface area contributed by atoms with Crippen molar-refractivity contribution in [3.8, 4) is 5.06 Å². The van der Waals surface area contributed by atoms with Crippen molar-refractivity contribution in [3.05, 3.63) is 21.9 Å². The second-order valence-electron chi connectivity index (χ2n) is 4.51. The molecule has 110 valence electrons. The summed E-state index contributed by atoms with van der Waals surface area (Å²) in [6.07, 6.45) is 2.43. The zero-order chi connectivity index (χ0) is 14.4. The maximum atomic E-state index is 11.8. The molecule has 6 heteroatoms. The van der Waals surface area contributed by atoms with Crippen LogP contribution in [0.15, 0.2) is 0 Å². The van der Waals surface area contributed by atoms with Crippen LogP contribution in [0.5, 0.6) is 5.06 Å². The molecule has 0 unspecified atom stereocenters. The second kappa shape index (κ2) is 9.30. The molecule has 2 heterocycles. The number of carbonyl (C=O) groups is 1. The first-order valence-corrected chi connectivity index (χ1v) is 6.94. The quantitative estimate of drug-likeness (QED) is 0.684. The predicted octanol–water partition coefficient (Wildman–Crippen LogP) is 2.45. The van der Waals surface area contributed by atoms with E-state index in [1.807, 2.05) is 6.92 Å². The molecule has 1 aliphatic heterocycles. The number of carbonyl (C=O) groups excluding carboxylic acids is 2. The van der Waals surface area contributed by atoms with E-state index in [0.717, 1.165) is 22.6 Å². The largest absolute Gasteiger partial charge is 2.00 e. The molecule has 0 bridgehead atoms. The third-order valence-electron chi connectivity index (χ3n) is 2.58. The van der Waals surface area contributed by atoms with Gasteiger partial charge in [-0.15, -0.1) is 17.8 Å². The maximum Gasteiger partial charge on any atom is 2.00 e. The molecule has 0 saturated carbocycles. The molecule has 0 atom stereocenters. The third kappa shape index (κ3) is 5.02. The van der Waals surface area contributed by atoms with Gasteiger partial charge in [0.25, 0.3) is 5.91 Å². The molecule has 0 aromatic carbocycles. The number of ether oxygens (including phenoxy) is 1. The number of fused-ring (bicyclic) bond motifs is 1. The number of amides is 1. The van der Waals surface area contributed by atoms with Crippen LogP contribution >= 0.6 is 11.3 Å². The fraction of sp³-hybridized carbons (Fsp3) is 0.500. The average Bonchev–Trinajstić information content (AvgIpc) is 2.51. The van der Waals surface area contributed by atoms with Gasteiger partial charge >= 0.3 is 21.1 Å². The number of hydrogen-bond donors (Lipinski definition) is 1. The predicted molar refractivity (Wildman–Crippen MR) is 76.5 cm³/mol. The Hall–Kier alpha value is -0.672. The van der Waals surface area contributed by atoms with Gasteiger partial charge < -0.3 is 20.8 Å². The summed E-state index contributed by atoms with van der Waals surface area (Å²) < 4.78 is 5.59. The van der Waals surface area contributed by atoms with E-state index in [2.05, 4.69) is 19.2 Å². The average molecular weight is 465 g/mol. The van der Waals surface area contributed by atoms with Crippen molar-refractivity contribution < 1.29 is 35.4 Å². The van der Waals surface area contributed by atoms with Gasteiger partial charge in [-0.05, 0) is 17.4 Å². The minimum absolute atomic E-state index is 0. The van der Waals surface area contributed by atoms with Crippen LogP contribution in [0, 0.1) is 12.8 Å². The first-order chi connectivity index (χ1) is 9.01. The number of thiophene rings is 1. The summed E-state index contributed by atoms with van der Waals surface area (Å²) in [6, 6.07) is 0. The van der Waals surface area contributed by atoms with Gasteiger partial charge in [0.15, 0.2) is 5.06 Å². The van der Waals surface area contributed by atoms with Gasteiger partial charge in [-0.2, -0.15) is 20.8 Å². The van der Waals surface area contributed by atoms with Gasteiger partial charge in [-0.25, -0.2) is 0 Å². The molecule has 1 aromatic rings. The monoisotopic (exact) mass is 465 g/mol. The van der Waals surface area contributed by atoms with E-state index in [1.165, 1.54) is 24.0 Å². The van der Waals surface area contributed by atoms with Gasteiger partial charge in [-0.3, -0.25) is 11.1 Å². The molecule has 1 aromatic heterocycles. The van der Waals surface area contributed by atoms with Crippen molar-refractivity contribution >= 4 is 23.5 Å². The fourth-order valence-electron chi connectivity index (χ4n) is 1.78. The zero-order valence-electron chi connectivity index (χ0n) is 12.2. The van der Waals surface area contributed by atoms with Gasteiger partial charge in [0, 0.05) is 0 Å². The summed E-state index contributed by atoms with van der Waals surface area (Å²) >= 11 is 1.60. The molecule has 4 nitrogen and oxygen atoms in total. The minimum atomic E-state index is 0. The van der Waals surface area contributed by atoms with Gasteiger partial charge in [-0.1, -0.05) is 0 Å². The smallest absolute Gasteiger partial charge is 0.542 e. The molecule has 2 rings (SSSR count). The zero-order valence-corrected chi connectivity index (χ0v) is 15.9. The van der Waals surface area contributed by atoms with E-state index in [4.69, 9.17) is 9.53 Å². The molecule has 1 aliphatic rings. The van der Waals surface area contributed by atoms with Crippen LogP contribution in [-0.4, -0.2) is 25.3 Å². The molecule has 1 amide bonds. The Morgan fingerprint density at radius 1 is 1.45 bits per heavy atom. The molecule has 0 spiro atoms.